The molecule has 0 saturated carbocycles. The van der Waals surface area contributed by atoms with Crippen molar-refractivity contribution in [1.29, 1.82) is 0 Å². The average Bonchev–Trinajstić information content (AvgIpc) is 2.04. The van der Waals surface area contributed by atoms with Gasteiger partial charge in [-0.05, 0) is 0 Å². The number of nitrogens with zero attached hydrogens (tertiary/aromatic N) is 3. The highest BCUT2D eigenvalue weighted by Gasteiger charge is 1.96. The highest BCUT2D eigenvalue weighted by atomic mass is 16.4. The Morgan fingerprint density at radius 1 is 1.18 bits per heavy atom. The summed E-state index contributed by atoms with van der Waals surface area (Å²) in [6, 6.07) is 0. The molecule has 0 N–H and O–H groups in total. The summed E-state index contributed by atoms with van der Waals surface area (Å²) in [6.45, 7) is 0. The molecule has 2 aromatic heterocycles. The molecule has 0 unspecified atom stereocenters. The Kier molecular flexibility index (Phi) is 1.15. The van der Waals surface area contributed by atoms with Crippen LogP contribution < -0.4 is 5.63 Å². The summed E-state index contributed by atoms with van der Waals surface area (Å²) in [5, 5.41) is 0. The van der Waals surface area contributed by atoms with Crippen LogP contribution in [0.3, 0.4) is 0 Å². The van der Waals surface area contributed by atoms with E-state index < -0.39 is 5.63 Å². The van der Waals surface area contributed by atoms with Crippen molar-refractivity contribution in [3.63, 3.8) is 0 Å². The van der Waals surface area contributed by atoms with E-state index in [2.05, 4.69) is 19.4 Å². The molecule has 2 aromatic rings. The van der Waals surface area contributed by atoms with Gasteiger partial charge in [-0.15, -0.1) is 0 Å². The van der Waals surface area contributed by atoms with Gasteiger partial charge in [0, 0.05) is 12.4 Å². The monoisotopic (exact) mass is 149 g/mol. The molecule has 0 fully saturated rings. The van der Waals surface area contributed by atoms with Crippen molar-refractivity contribution in [3.05, 3.63) is 29.0 Å². The van der Waals surface area contributed by atoms with Crippen LogP contribution in [0.4, 0.5) is 0 Å². The van der Waals surface area contributed by atoms with Crippen LogP contribution in [0.2, 0.25) is 0 Å². The van der Waals surface area contributed by atoms with E-state index >= 15 is 0 Å². The molecular weight excluding hydrogens is 146 g/mol. The van der Waals surface area contributed by atoms with Crippen LogP contribution in [0.1, 0.15) is 0 Å². The number of fused-ring (bicyclic) bond motifs is 1. The summed E-state index contributed by atoms with van der Waals surface area (Å²) in [7, 11) is 0. The summed E-state index contributed by atoms with van der Waals surface area (Å²) in [4.78, 5) is 21.9. The Morgan fingerprint density at radius 2 is 2.00 bits per heavy atom. The third-order valence-corrected chi connectivity index (χ3v) is 1.14. The van der Waals surface area contributed by atoms with Gasteiger partial charge in [0.25, 0.3) is 5.71 Å². The number of aromatic nitrogens is 3. The Balaban J connectivity index is 2.94. The molecule has 0 radical (unpaired) electrons. The normalized spacial score (nSPS) is 10.2. The van der Waals surface area contributed by atoms with E-state index in [0.29, 0.717) is 5.65 Å². The standard InChI is InChI=1S/C6H3N3O2/c10-4-3-9-5-6(11-4)8-2-1-7-5/h1-3H. The summed E-state index contributed by atoms with van der Waals surface area (Å²) in [5.74, 6) is 0. The lowest BCUT2D eigenvalue weighted by Gasteiger charge is -1.88. The van der Waals surface area contributed by atoms with Gasteiger partial charge in [-0.3, -0.25) is 0 Å². The highest BCUT2D eigenvalue weighted by molar-refractivity contribution is 5.59. The van der Waals surface area contributed by atoms with Gasteiger partial charge in [-0.2, -0.15) is 0 Å². The third-order valence-electron chi connectivity index (χ3n) is 1.14. The molecule has 0 bridgehead atoms. The minimum absolute atomic E-state index is 0.167. The molecule has 0 spiro atoms. The maximum absolute atomic E-state index is 10.6. The van der Waals surface area contributed by atoms with Gasteiger partial charge >= 0.3 is 5.63 Å². The first-order chi connectivity index (χ1) is 5.36. The molecular formula is C6H3N3O2. The Bertz CT molecular complexity index is 437. The van der Waals surface area contributed by atoms with Crippen LogP contribution in [-0.2, 0) is 0 Å². The largest absolute Gasteiger partial charge is 0.399 e. The molecule has 2 heterocycles. The molecule has 0 atom stereocenters. The lowest BCUT2D eigenvalue weighted by atomic mass is 10.6. The number of rotatable bonds is 0. The minimum Gasteiger partial charge on any atom is -0.399 e. The first kappa shape index (κ1) is 5.96. The molecule has 0 amide bonds. The van der Waals surface area contributed by atoms with Crippen molar-refractivity contribution < 1.29 is 4.42 Å². The van der Waals surface area contributed by atoms with Crippen molar-refractivity contribution >= 4 is 11.4 Å². The number of hydrogen-bond acceptors (Lipinski definition) is 5. The first-order valence-electron chi connectivity index (χ1n) is 2.93. The molecule has 0 saturated heterocycles. The summed E-state index contributed by atoms with van der Waals surface area (Å²) < 4.78 is 4.67. The zero-order valence-corrected chi connectivity index (χ0v) is 5.39. The summed E-state index contributed by atoms with van der Waals surface area (Å²) in [5.41, 5.74) is -0.00917. The van der Waals surface area contributed by atoms with Gasteiger partial charge in [0.05, 0.1) is 0 Å². The van der Waals surface area contributed by atoms with E-state index in [-0.39, 0.29) is 5.71 Å². The van der Waals surface area contributed by atoms with Gasteiger partial charge in [-0.25, -0.2) is 19.7 Å². The average molecular weight is 149 g/mol. The van der Waals surface area contributed by atoms with Crippen LogP contribution in [0.5, 0.6) is 0 Å². The first-order valence-corrected chi connectivity index (χ1v) is 2.93. The molecule has 54 valence electrons. The maximum atomic E-state index is 10.6. The van der Waals surface area contributed by atoms with Crippen LogP contribution in [0, 0.1) is 0 Å². The molecule has 0 aliphatic heterocycles. The fourth-order valence-corrected chi connectivity index (χ4v) is 0.714. The quantitative estimate of drug-likeness (QED) is 0.526. The highest BCUT2D eigenvalue weighted by Crippen LogP contribution is 1.97. The fourth-order valence-electron chi connectivity index (χ4n) is 0.714. The minimum atomic E-state index is -0.516. The maximum Gasteiger partial charge on any atom is 0.356 e. The van der Waals surface area contributed by atoms with Crippen LogP contribution in [0.25, 0.3) is 11.4 Å². The van der Waals surface area contributed by atoms with Gasteiger partial charge in [0.15, 0.2) is 0 Å². The topological polar surface area (TPSA) is 68.9 Å². The van der Waals surface area contributed by atoms with Gasteiger partial charge in [-0.1, -0.05) is 0 Å². The second-order valence-corrected chi connectivity index (χ2v) is 1.86. The molecule has 11 heavy (non-hydrogen) atoms. The van der Waals surface area contributed by atoms with E-state index in [1.165, 1.54) is 12.4 Å². The Labute approximate surface area is 60.7 Å². The zero-order chi connectivity index (χ0) is 7.68. The third kappa shape index (κ3) is 0.958. The SMILES string of the molecule is O=c1cnc2nccnc2o1. The Morgan fingerprint density at radius 3 is 2.91 bits per heavy atom. The number of hydrogen-bond donors (Lipinski definition) is 0. The molecule has 0 aromatic carbocycles. The summed E-state index contributed by atoms with van der Waals surface area (Å²) in [6.07, 6.45) is 3.99. The van der Waals surface area contributed by atoms with Crippen molar-refractivity contribution in [2.24, 2.45) is 0 Å². The molecule has 5 heteroatoms. The molecule has 0 aliphatic rings. The predicted molar refractivity (Wildman–Crippen MR) is 35.9 cm³/mol. The van der Waals surface area contributed by atoms with Gasteiger partial charge < -0.3 is 4.42 Å². The molecule has 0 aliphatic carbocycles. The molecule has 5 nitrogen and oxygen atoms in total. The summed E-state index contributed by atoms with van der Waals surface area (Å²) >= 11 is 0. The van der Waals surface area contributed by atoms with E-state index in [4.69, 9.17) is 0 Å². The smallest absolute Gasteiger partial charge is 0.356 e. The zero-order valence-electron chi connectivity index (χ0n) is 5.39. The second-order valence-electron chi connectivity index (χ2n) is 1.86. The van der Waals surface area contributed by atoms with Gasteiger partial charge in [0.1, 0.15) is 6.20 Å². The second kappa shape index (κ2) is 2.12. The van der Waals surface area contributed by atoms with E-state index in [1.807, 2.05) is 0 Å². The lowest BCUT2D eigenvalue weighted by Crippen LogP contribution is -1.99. The van der Waals surface area contributed by atoms with E-state index in [9.17, 15) is 4.79 Å². The van der Waals surface area contributed by atoms with Crippen molar-refractivity contribution in [3.8, 4) is 0 Å². The van der Waals surface area contributed by atoms with E-state index in [0.717, 1.165) is 6.20 Å². The van der Waals surface area contributed by atoms with Crippen molar-refractivity contribution in [1.82, 2.24) is 15.0 Å². The van der Waals surface area contributed by atoms with Gasteiger partial charge in [0.2, 0.25) is 5.65 Å². The van der Waals surface area contributed by atoms with Crippen molar-refractivity contribution in [2.75, 3.05) is 0 Å². The van der Waals surface area contributed by atoms with E-state index in [1.54, 1.807) is 0 Å². The predicted octanol–water partition coefficient (Wildman–Crippen LogP) is -0.0220. The van der Waals surface area contributed by atoms with Crippen LogP contribution in [0.15, 0.2) is 27.8 Å². The molecule has 2 rings (SSSR count). The van der Waals surface area contributed by atoms with Crippen LogP contribution >= 0.6 is 0 Å². The van der Waals surface area contributed by atoms with Crippen LogP contribution in [-0.4, -0.2) is 15.0 Å². The lowest BCUT2D eigenvalue weighted by molar-refractivity contribution is 0.541. The fraction of sp³-hybridized carbons (Fsp3) is 0. The van der Waals surface area contributed by atoms with Crippen molar-refractivity contribution in [2.45, 2.75) is 0 Å². The Hall–Kier alpha value is -1.78.